The van der Waals surface area contributed by atoms with E-state index in [2.05, 4.69) is 4.90 Å². The minimum absolute atomic E-state index is 0.0544. The van der Waals surface area contributed by atoms with Gasteiger partial charge in [0.05, 0.1) is 5.60 Å². The van der Waals surface area contributed by atoms with Gasteiger partial charge in [0.2, 0.25) is 0 Å². The van der Waals surface area contributed by atoms with E-state index >= 15 is 0 Å². The van der Waals surface area contributed by atoms with E-state index in [1.807, 2.05) is 7.05 Å². The summed E-state index contributed by atoms with van der Waals surface area (Å²) >= 11 is 0. The van der Waals surface area contributed by atoms with Crippen molar-refractivity contribution in [2.45, 2.75) is 18.9 Å². The minimum Gasteiger partial charge on any atom is -0.396 e. The molecule has 0 aromatic rings. The van der Waals surface area contributed by atoms with E-state index in [1.54, 1.807) is 6.92 Å². The number of aliphatic hydroxyl groups is 2. The van der Waals surface area contributed by atoms with Gasteiger partial charge in [0, 0.05) is 19.1 Å². The van der Waals surface area contributed by atoms with E-state index in [4.69, 9.17) is 5.11 Å². The molecule has 0 aromatic heterocycles. The fourth-order valence-corrected chi connectivity index (χ4v) is 1.73. The van der Waals surface area contributed by atoms with Crippen LogP contribution in [0.4, 0.5) is 0 Å². The van der Waals surface area contributed by atoms with Crippen LogP contribution in [0.2, 0.25) is 0 Å². The van der Waals surface area contributed by atoms with Gasteiger partial charge in [-0.2, -0.15) is 0 Å². The van der Waals surface area contributed by atoms with Crippen molar-refractivity contribution in [2.24, 2.45) is 5.92 Å². The molecule has 1 heterocycles. The lowest BCUT2D eigenvalue weighted by Gasteiger charge is -2.40. The molecule has 2 atom stereocenters. The Morgan fingerprint density at radius 1 is 1.64 bits per heavy atom. The summed E-state index contributed by atoms with van der Waals surface area (Å²) in [4.78, 5) is 2.09. The minimum atomic E-state index is -0.707. The Kier molecular flexibility index (Phi) is 2.52. The Hall–Kier alpha value is -0.120. The molecule has 0 bridgehead atoms. The molecule has 1 fully saturated rings. The van der Waals surface area contributed by atoms with Crippen molar-refractivity contribution >= 4 is 0 Å². The Morgan fingerprint density at radius 2 is 2.27 bits per heavy atom. The second-order valence-electron chi connectivity index (χ2n) is 3.76. The molecule has 1 aliphatic heterocycles. The first-order valence-corrected chi connectivity index (χ1v) is 4.08. The summed E-state index contributed by atoms with van der Waals surface area (Å²) in [6, 6.07) is 0. The van der Waals surface area contributed by atoms with Crippen LogP contribution in [-0.4, -0.2) is 47.5 Å². The summed E-state index contributed by atoms with van der Waals surface area (Å²) in [6.45, 7) is 3.53. The summed E-state index contributed by atoms with van der Waals surface area (Å²) in [5.74, 6) is 0.0544. The second kappa shape index (κ2) is 3.09. The number of β-amino-alcohol motifs (C(OH)–C–C–N with tert-alkyl or cyclic N) is 1. The first kappa shape index (κ1) is 8.97. The van der Waals surface area contributed by atoms with Crippen molar-refractivity contribution in [1.29, 1.82) is 0 Å². The third-order valence-corrected chi connectivity index (χ3v) is 2.55. The van der Waals surface area contributed by atoms with Gasteiger partial charge in [-0.25, -0.2) is 0 Å². The van der Waals surface area contributed by atoms with Crippen LogP contribution in [0.1, 0.15) is 13.3 Å². The van der Waals surface area contributed by atoms with Crippen LogP contribution in [0.3, 0.4) is 0 Å². The van der Waals surface area contributed by atoms with Crippen LogP contribution >= 0.6 is 0 Å². The normalized spacial score (nSPS) is 40.9. The maximum atomic E-state index is 9.80. The van der Waals surface area contributed by atoms with Crippen molar-refractivity contribution in [3.8, 4) is 0 Å². The second-order valence-corrected chi connectivity index (χ2v) is 3.76. The van der Waals surface area contributed by atoms with Gasteiger partial charge in [-0.05, 0) is 26.9 Å². The molecule has 66 valence electrons. The van der Waals surface area contributed by atoms with Crippen LogP contribution in [0.5, 0.6) is 0 Å². The molecule has 1 saturated heterocycles. The third-order valence-electron chi connectivity index (χ3n) is 2.55. The molecular formula is C8H17NO2. The highest BCUT2D eigenvalue weighted by molar-refractivity contribution is 4.88. The number of likely N-dealkylation sites (N-methyl/N-ethyl adjacent to an activating group) is 1. The average Bonchev–Trinajstić information content (AvgIpc) is 1.85. The number of likely N-dealkylation sites (tertiary alicyclic amines) is 1. The third kappa shape index (κ3) is 1.92. The number of aliphatic hydroxyl groups excluding tert-OH is 1. The topological polar surface area (TPSA) is 43.7 Å². The van der Waals surface area contributed by atoms with Gasteiger partial charge in [-0.3, -0.25) is 0 Å². The molecule has 0 amide bonds. The summed E-state index contributed by atoms with van der Waals surface area (Å²) in [7, 11) is 1.99. The Labute approximate surface area is 67.6 Å². The molecule has 0 spiro atoms. The zero-order valence-corrected chi connectivity index (χ0v) is 7.25. The van der Waals surface area contributed by atoms with E-state index in [0.717, 1.165) is 13.0 Å². The SMILES string of the molecule is CN1CCC(CO)C(C)(O)C1. The highest BCUT2D eigenvalue weighted by atomic mass is 16.3. The molecule has 3 nitrogen and oxygen atoms in total. The fraction of sp³-hybridized carbons (Fsp3) is 1.00. The zero-order valence-electron chi connectivity index (χ0n) is 7.25. The standard InChI is InChI=1S/C8H17NO2/c1-8(11)6-9(2)4-3-7(8)5-10/h7,10-11H,3-6H2,1-2H3. The van der Waals surface area contributed by atoms with Crippen LogP contribution in [-0.2, 0) is 0 Å². The van der Waals surface area contributed by atoms with Gasteiger partial charge in [0.25, 0.3) is 0 Å². The van der Waals surface area contributed by atoms with E-state index in [1.165, 1.54) is 0 Å². The predicted octanol–water partition coefficient (Wildman–Crippen LogP) is -0.319. The number of piperidine rings is 1. The fourth-order valence-electron chi connectivity index (χ4n) is 1.73. The molecule has 11 heavy (non-hydrogen) atoms. The van der Waals surface area contributed by atoms with Crippen molar-refractivity contribution in [1.82, 2.24) is 4.90 Å². The Bertz CT molecular complexity index is 136. The summed E-state index contributed by atoms with van der Waals surface area (Å²) in [5, 5.41) is 18.7. The monoisotopic (exact) mass is 159 g/mol. The highest BCUT2D eigenvalue weighted by Crippen LogP contribution is 2.25. The number of rotatable bonds is 1. The smallest absolute Gasteiger partial charge is 0.0796 e. The van der Waals surface area contributed by atoms with Crippen molar-refractivity contribution in [3.63, 3.8) is 0 Å². The van der Waals surface area contributed by atoms with E-state index in [0.29, 0.717) is 6.54 Å². The molecule has 2 unspecified atom stereocenters. The van der Waals surface area contributed by atoms with E-state index in [-0.39, 0.29) is 12.5 Å². The molecule has 3 heteroatoms. The highest BCUT2D eigenvalue weighted by Gasteiger charge is 2.35. The van der Waals surface area contributed by atoms with Gasteiger partial charge in [-0.1, -0.05) is 0 Å². The quantitative estimate of drug-likeness (QED) is 0.551. The number of hydrogen-bond acceptors (Lipinski definition) is 3. The maximum Gasteiger partial charge on any atom is 0.0796 e. The number of hydrogen-bond donors (Lipinski definition) is 2. The lowest BCUT2D eigenvalue weighted by Crippen LogP contribution is -2.51. The average molecular weight is 159 g/mol. The summed E-state index contributed by atoms with van der Waals surface area (Å²) in [5.41, 5.74) is -0.707. The Morgan fingerprint density at radius 3 is 2.73 bits per heavy atom. The molecule has 1 rings (SSSR count). The molecule has 0 saturated carbocycles. The summed E-state index contributed by atoms with van der Waals surface area (Å²) in [6.07, 6.45) is 0.889. The molecular weight excluding hydrogens is 142 g/mol. The molecule has 0 radical (unpaired) electrons. The van der Waals surface area contributed by atoms with Gasteiger partial charge >= 0.3 is 0 Å². The van der Waals surface area contributed by atoms with Gasteiger partial charge < -0.3 is 15.1 Å². The maximum absolute atomic E-state index is 9.80. The van der Waals surface area contributed by atoms with Crippen molar-refractivity contribution in [3.05, 3.63) is 0 Å². The Balaban J connectivity index is 2.56. The molecule has 1 aliphatic rings. The first-order valence-electron chi connectivity index (χ1n) is 4.08. The van der Waals surface area contributed by atoms with Crippen LogP contribution < -0.4 is 0 Å². The lowest BCUT2D eigenvalue weighted by atomic mass is 9.83. The number of nitrogens with zero attached hydrogens (tertiary/aromatic N) is 1. The van der Waals surface area contributed by atoms with Crippen LogP contribution in [0.25, 0.3) is 0 Å². The molecule has 0 aliphatic carbocycles. The summed E-state index contributed by atoms with van der Waals surface area (Å²) < 4.78 is 0. The molecule has 0 aromatic carbocycles. The largest absolute Gasteiger partial charge is 0.396 e. The van der Waals surface area contributed by atoms with Gasteiger partial charge in [0.15, 0.2) is 0 Å². The first-order chi connectivity index (χ1) is 5.06. The lowest BCUT2D eigenvalue weighted by molar-refractivity contribution is -0.0732. The van der Waals surface area contributed by atoms with Crippen LogP contribution in [0.15, 0.2) is 0 Å². The molecule has 2 N–H and O–H groups in total. The van der Waals surface area contributed by atoms with Gasteiger partial charge in [-0.15, -0.1) is 0 Å². The van der Waals surface area contributed by atoms with Crippen molar-refractivity contribution in [2.75, 3.05) is 26.7 Å². The predicted molar refractivity (Wildman–Crippen MR) is 43.3 cm³/mol. The zero-order chi connectivity index (χ0) is 8.48. The van der Waals surface area contributed by atoms with Crippen molar-refractivity contribution < 1.29 is 10.2 Å². The van der Waals surface area contributed by atoms with E-state index < -0.39 is 5.60 Å². The van der Waals surface area contributed by atoms with E-state index in [9.17, 15) is 5.11 Å². The van der Waals surface area contributed by atoms with Crippen LogP contribution in [0, 0.1) is 5.92 Å². The van der Waals surface area contributed by atoms with Gasteiger partial charge in [0.1, 0.15) is 0 Å².